The maximum atomic E-state index is 10.5. The lowest BCUT2D eigenvalue weighted by molar-refractivity contribution is -0.131. The smallest absolute Gasteiger partial charge is 0.328 e. The fourth-order valence-corrected chi connectivity index (χ4v) is 2.01. The van der Waals surface area contributed by atoms with Crippen LogP contribution in [0.3, 0.4) is 0 Å². The predicted octanol–water partition coefficient (Wildman–Crippen LogP) is 2.84. The molecule has 1 N–H and O–H groups in total. The van der Waals surface area contributed by atoms with Crippen LogP contribution in [0, 0.1) is 11.8 Å². The number of hydrogen-bond donors (Lipinski definition) is 1. The van der Waals surface area contributed by atoms with E-state index >= 15 is 0 Å². The van der Waals surface area contributed by atoms with Crippen molar-refractivity contribution in [2.75, 3.05) is 0 Å². The van der Waals surface area contributed by atoms with E-state index in [2.05, 4.69) is 13.8 Å². The highest BCUT2D eigenvalue weighted by Crippen LogP contribution is 2.32. The fraction of sp³-hybridized carbons (Fsp3) is 0.727. The maximum absolute atomic E-state index is 10.5. The van der Waals surface area contributed by atoms with Crippen molar-refractivity contribution in [3.05, 3.63) is 11.6 Å². The molecule has 1 aliphatic rings. The number of rotatable bonds is 2. The van der Waals surface area contributed by atoms with Gasteiger partial charge in [0, 0.05) is 6.08 Å². The molecule has 0 heterocycles. The van der Waals surface area contributed by atoms with Crippen LogP contribution in [0.25, 0.3) is 0 Å². The van der Waals surface area contributed by atoms with Gasteiger partial charge in [0.05, 0.1) is 0 Å². The molecule has 1 rings (SSSR count). The van der Waals surface area contributed by atoms with E-state index in [0.717, 1.165) is 24.8 Å². The van der Waals surface area contributed by atoms with Gasteiger partial charge in [-0.1, -0.05) is 19.4 Å². The van der Waals surface area contributed by atoms with Crippen LogP contribution in [0.15, 0.2) is 11.6 Å². The summed E-state index contributed by atoms with van der Waals surface area (Å²) in [6.07, 6.45) is 5.78. The molecule has 0 spiro atoms. The minimum absolute atomic E-state index is 0.678. The summed E-state index contributed by atoms with van der Waals surface area (Å²) in [4.78, 5) is 10.5. The third-order valence-corrected chi connectivity index (χ3v) is 2.87. The number of carbonyl (C=O) groups is 1. The van der Waals surface area contributed by atoms with Crippen LogP contribution in [-0.2, 0) is 4.79 Å². The summed E-state index contributed by atoms with van der Waals surface area (Å²) in [6, 6.07) is 0. The van der Waals surface area contributed by atoms with Gasteiger partial charge in [-0.15, -0.1) is 0 Å². The first-order valence-electron chi connectivity index (χ1n) is 5.02. The first-order chi connectivity index (χ1) is 6.09. The first kappa shape index (κ1) is 10.3. The van der Waals surface area contributed by atoms with Crippen molar-refractivity contribution in [2.24, 2.45) is 11.8 Å². The Balaban J connectivity index is 2.56. The topological polar surface area (TPSA) is 37.3 Å². The number of carboxylic acids is 1. The van der Waals surface area contributed by atoms with Crippen molar-refractivity contribution in [1.29, 1.82) is 0 Å². The van der Waals surface area contributed by atoms with Crippen molar-refractivity contribution in [3.63, 3.8) is 0 Å². The highest BCUT2D eigenvalue weighted by atomic mass is 16.4. The Morgan fingerprint density at radius 2 is 2.31 bits per heavy atom. The van der Waals surface area contributed by atoms with Gasteiger partial charge in [-0.25, -0.2) is 4.79 Å². The van der Waals surface area contributed by atoms with E-state index in [1.165, 1.54) is 12.5 Å². The number of aliphatic carboxylic acids is 1. The minimum atomic E-state index is -0.792. The second-order valence-electron chi connectivity index (χ2n) is 4.24. The van der Waals surface area contributed by atoms with E-state index in [4.69, 9.17) is 5.11 Å². The van der Waals surface area contributed by atoms with Gasteiger partial charge in [-0.3, -0.25) is 0 Å². The molecular formula is C11H18O2. The summed E-state index contributed by atoms with van der Waals surface area (Å²) in [7, 11) is 0. The van der Waals surface area contributed by atoms with E-state index in [-0.39, 0.29) is 0 Å². The Morgan fingerprint density at radius 3 is 2.85 bits per heavy atom. The molecule has 0 aromatic carbocycles. The van der Waals surface area contributed by atoms with Crippen LogP contribution in [0.5, 0.6) is 0 Å². The summed E-state index contributed by atoms with van der Waals surface area (Å²) in [6.45, 7) is 4.43. The second-order valence-corrected chi connectivity index (χ2v) is 4.24. The standard InChI is InChI=1S/C11H18O2/c1-8(2)10-5-3-4-9(6-10)7-11(12)13/h7-8,10H,3-6H2,1-2H3,(H,12,13)/b9-7-. The Kier molecular flexibility index (Phi) is 3.52. The Hall–Kier alpha value is -0.790. The zero-order valence-electron chi connectivity index (χ0n) is 8.42. The van der Waals surface area contributed by atoms with Crippen molar-refractivity contribution in [3.8, 4) is 0 Å². The van der Waals surface area contributed by atoms with Crippen LogP contribution in [-0.4, -0.2) is 11.1 Å². The first-order valence-corrected chi connectivity index (χ1v) is 5.02. The SMILES string of the molecule is CC(C)C1CCC/C(=C/C(=O)O)C1. The molecule has 0 aliphatic heterocycles. The van der Waals surface area contributed by atoms with Crippen molar-refractivity contribution < 1.29 is 9.90 Å². The highest BCUT2D eigenvalue weighted by molar-refractivity contribution is 5.80. The average Bonchev–Trinajstić information content (AvgIpc) is 2.03. The fourth-order valence-electron chi connectivity index (χ4n) is 2.01. The molecule has 1 aliphatic carbocycles. The molecule has 2 nitrogen and oxygen atoms in total. The van der Waals surface area contributed by atoms with Gasteiger partial charge in [0.2, 0.25) is 0 Å². The third kappa shape index (κ3) is 3.21. The average molecular weight is 182 g/mol. The van der Waals surface area contributed by atoms with Crippen LogP contribution in [0.2, 0.25) is 0 Å². The summed E-state index contributed by atoms with van der Waals surface area (Å²) in [5.41, 5.74) is 1.12. The molecule has 0 aromatic rings. The monoisotopic (exact) mass is 182 g/mol. The molecule has 0 bridgehead atoms. The largest absolute Gasteiger partial charge is 0.478 e. The highest BCUT2D eigenvalue weighted by Gasteiger charge is 2.20. The summed E-state index contributed by atoms with van der Waals surface area (Å²) < 4.78 is 0. The van der Waals surface area contributed by atoms with E-state index in [1.54, 1.807) is 0 Å². The molecular weight excluding hydrogens is 164 g/mol. The van der Waals surface area contributed by atoms with Crippen molar-refractivity contribution >= 4 is 5.97 Å². The summed E-state index contributed by atoms with van der Waals surface area (Å²) >= 11 is 0. The minimum Gasteiger partial charge on any atom is -0.478 e. The van der Waals surface area contributed by atoms with E-state index < -0.39 is 5.97 Å². The van der Waals surface area contributed by atoms with Crippen LogP contribution >= 0.6 is 0 Å². The number of allylic oxidation sites excluding steroid dienone is 1. The normalized spacial score (nSPS) is 26.7. The number of hydrogen-bond acceptors (Lipinski definition) is 1. The molecule has 1 atom stereocenters. The molecule has 1 fully saturated rings. The molecule has 1 unspecified atom stereocenters. The summed E-state index contributed by atoms with van der Waals surface area (Å²) in [5, 5.41) is 8.61. The van der Waals surface area contributed by atoms with E-state index in [1.807, 2.05) is 0 Å². The second kappa shape index (κ2) is 4.45. The Bertz CT molecular complexity index is 216. The van der Waals surface area contributed by atoms with Gasteiger partial charge in [0.1, 0.15) is 0 Å². The molecule has 1 saturated carbocycles. The lowest BCUT2D eigenvalue weighted by atomic mass is 9.79. The van der Waals surface area contributed by atoms with Gasteiger partial charge in [0.25, 0.3) is 0 Å². The van der Waals surface area contributed by atoms with Crippen LogP contribution < -0.4 is 0 Å². The van der Waals surface area contributed by atoms with E-state index in [9.17, 15) is 4.79 Å². The maximum Gasteiger partial charge on any atom is 0.328 e. The van der Waals surface area contributed by atoms with E-state index in [0.29, 0.717) is 11.8 Å². The third-order valence-electron chi connectivity index (χ3n) is 2.87. The molecule has 0 saturated heterocycles. The zero-order valence-corrected chi connectivity index (χ0v) is 8.42. The quantitative estimate of drug-likeness (QED) is 0.667. The van der Waals surface area contributed by atoms with Gasteiger partial charge in [-0.05, 0) is 37.5 Å². The molecule has 0 amide bonds. The molecule has 0 radical (unpaired) electrons. The van der Waals surface area contributed by atoms with Gasteiger partial charge in [-0.2, -0.15) is 0 Å². The Labute approximate surface area is 79.6 Å². The molecule has 13 heavy (non-hydrogen) atoms. The molecule has 74 valence electrons. The van der Waals surface area contributed by atoms with Gasteiger partial charge < -0.3 is 5.11 Å². The number of carboxylic acid groups (broad SMARTS) is 1. The van der Waals surface area contributed by atoms with Crippen LogP contribution in [0.1, 0.15) is 39.5 Å². The molecule has 2 heteroatoms. The lowest BCUT2D eigenvalue weighted by Crippen LogP contribution is -2.14. The van der Waals surface area contributed by atoms with Gasteiger partial charge in [0.15, 0.2) is 0 Å². The van der Waals surface area contributed by atoms with Gasteiger partial charge >= 0.3 is 5.97 Å². The predicted molar refractivity (Wildman–Crippen MR) is 52.5 cm³/mol. The van der Waals surface area contributed by atoms with Crippen molar-refractivity contribution in [1.82, 2.24) is 0 Å². The lowest BCUT2D eigenvalue weighted by Gasteiger charge is -2.26. The van der Waals surface area contributed by atoms with Crippen LogP contribution in [0.4, 0.5) is 0 Å². The zero-order chi connectivity index (χ0) is 9.84. The molecule has 0 aromatic heterocycles. The van der Waals surface area contributed by atoms with Crippen molar-refractivity contribution in [2.45, 2.75) is 39.5 Å². The summed E-state index contributed by atoms with van der Waals surface area (Å²) in [5.74, 6) is 0.580. The Morgan fingerprint density at radius 1 is 1.62 bits per heavy atom.